The molecule has 0 bridgehead atoms. The summed E-state index contributed by atoms with van der Waals surface area (Å²) in [6.45, 7) is 7.15. The van der Waals surface area contributed by atoms with Crippen LogP contribution in [0.2, 0.25) is 0 Å². The largest absolute Gasteiger partial charge is 0.486 e. The number of hydrogen-bond acceptors (Lipinski definition) is 5. The summed E-state index contributed by atoms with van der Waals surface area (Å²) in [5.74, 6) is 1.05. The normalized spacial score (nSPS) is 14.8. The van der Waals surface area contributed by atoms with E-state index in [0.29, 0.717) is 31.3 Å². The van der Waals surface area contributed by atoms with Crippen molar-refractivity contribution in [2.45, 2.75) is 31.2 Å². The van der Waals surface area contributed by atoms with E-state index < -0.39 is 10.0 Å². The fraction of sp³-hybridized carbons (Fsp3) is 0.429. The molecular weight excluding hydrogens is 376 g/mol. The van der Waals surface area contributed by atoms with Crippen LogP contribution in [-0.4, -0.2) is 52.2 Å². The first-order chi connectivity index (χ1) is 13.5. The van der Waals surface area contributed by atoms with Crippen LogP contribution in [0.3, 0.4) is 0 Å². The summed E-state index contributed by atoms with van der Waals surface area (Å²) in [4.78, 5) is 2.47. The summed E-state index contributed by atoms with van der Waals surface area (Å²) in [5.41, 5.74) is 1.19. The summed E-state index contributed by atoms with van der Waals surface area (Å²) >= 11 is 0. The summed E-state index contributed by atoms with van der Waals surface area (Å²) < 4.78 is 39.5. The molecule has 0 spiro atoms. The van der Waals surface area contributed by atoms with E-state index in [2.05, 4.69) is 35.6 Å². The molecule has 0 fully saturated rings. The quantitative estimate of drug-likeness (QED) is 0.696. The maximum Gasteiger partial charge on any atom is 0.240 e. The third-order valence-electron chi connectivity index (χ3n) is 4.98. The van der Waals surface area contributed by atoms with E-state index in [-0.39, 0.29) is 10.9 Å². The van der Waals surface area contributed by atoms with Crippen molar-refractivity contribution in [3.05, 3.63) is 54.1 Å². The second-order valence-corrected chi connectivity index (χ2v) is 8.49. The van der Waals surface area contributed by atoms with E-state index in [1.165, 1.54) is 11.6 Å². The van der Waals surface area contributed by atoms with E-state index in [9.17, 15) is 8.42 Å². The molecule has 2 aromatic carbocycles. The van der Waals surface area contributed by atoms with Crippen LogP contribution in [0.1, 0.15) is 19.4 Å². The molecule has 1 N–H and O–H groups in total. The first-order valence-corrected chi connectivity index (χ1v) is 11.2. The first kappa shape index (κ1) is 20.6. The lowest BCUT2D eigenvalue weighted by atomic mass is 10.0. The molecule has 0 aromatic heterocycles. The molecule has 1 aliphatic rings. The fourth-order valence-electron chi connectivity index (χ4n) is 3.44. The van der Waals surface area contributed by atoms with Gasteiger partial charge in [-0.1, -0.05) is 44.2 Å². The van der Waals surface area contributed by atoms with E-state index in [1.807, 2.05) is 18.2 Å². The Morgan fingerprint density at radius 3 is 2.36 bits per heavy atom. The van der Waals surface area contributed by atoms with Crippen LogP contribution in [0.4, 0.5) is 0 Å². The molecule has 2 aromatic rings. The lowest BCUT2D eigenvalue weighted by Gasteiger charge is -2.30. The number of nitrogens with one attached hydrogen (secondary N) is 1. The van der Waals surface area contributed by atoms with Gasteiger partial charge in [0.2, 0.25) is 10.0 Å². The predicted octanol–water partition coefficient (Wildman–Crippen LogP) is 2.69. The van der Waals surface area contributed by atoms with Gasteiger partial charge in [0.1, 0.15) is 13.2 Å². The van der Waals surface area contributed by atoms with Gasteiger partial charge in [0.25, 0.3) is 0 Å². The van der Waals surface area contributed by atoms with Gasteiger partial charge in [-0.2, -0.15) is 0 Å². The SMILES string of the molecule is CCN(CC)C(CNS(=O)(=O)c1ccc2c(c1)OCCO2)Cc1ccccc1. The maximum atomic E-state index is 12.8. The third-order valence-corrected chi connectivity index (χ3v) is 6.40. The van der Waals surface area contributed by atoms with Crippen LogP contribution in [0.25, 0.3) is 0 Å². The summed E-state index contributed by atoms with van der Waals surface area (Å²) in [7, 11) is -3.64. The number of hydrogen-bond donors (Lipinski definition) is 1. The molecular formula is C21H28N2O4S. The highest BCUT2D eigenvalue weighted by atomic mass is 32.2. The minimum atomic E-state index is -3.64. The van der Waals surface area contributed by atoms with Crippen LogP contribution < -0.4 is 14.2 Å². The van der Waals surface area contributed by atoms with Crippen molar-refractivity contribution in [3.63, 3.8) is 0 Å². The molecule has 1 atom stereocenters. The van der Waals surface area contributed by atoms with Crippen molar-refractivity contribution in [1.82, 2.24) is 9.62 Å². The Balaban J connectivity index is 1.73. The summed E-state index contributed by atoms with van der Waals surface area (Å²) in [6.07, 6.45) is 0.784. The van der Waals surface area contributed by atoms with Crippen molar-refractivity contribution < 1.29 is 17.9 Å². The molecule has 0 aliphatic carbocycles. The van der Waals surface area contributed by atoms with Gasteiger partial charge in [-0.15, -0.1) is 0 Å². The van der Waals surface area contributed by atoms with Gasteiger partial charge in [0.15, 0.2) is 11.5 Å². The third kappa shape index (κ3) is 5.04. The second-order valence-electron chi connectivity index (χ2n) is 6.72. The molecule has 0 saturated heterocycles. The molecule has 3 rings (SSSR count). The summed E-state index contributed by atoms with van der Waals surface area (Å²) in [5, 5.41) is 0. The van der Waals surface area contributed by atoms with E-state index in [1.54, 1.807) is 12.1 Å². The monoisotopic (exact) mass is 404 g/mol. The molecule has 0 radical (unpaired) electrons. The van der Waals surface area contributed by atoms with Crippen LogP contribution >= 0.6 is 0 Å². The standard InChI is InChI=1S/C21H28N2O4S/c1-3-23(4-2)18(14-17-8-6-5-7-9-17)16-22-28(24,25)19-10-11-20-21(15-19)27-13-12-26-20/h5-11,15,18,22H,3-4,12-14,16H2,1-2H3. The van der Waals surface area contributed by atoms with Gasteiger partial charge in [-0.25, -0.2) is 13.1 Å². The maximum absolute atomic E-state index is 12.8. The number of rotatable bonds is 9. The average Bonchev–Trinajstić information content (AvgIpc) is 2.73. The molecule has 6 nitrogen and oxygen atoms in total. The Morgan fingerprint density at radius 2 is 1.68 bits per heavy atom. The predicted molar refractivity (Wildman–Crippen MR) is 109 cm³/mol. The van der Waals surface area contributed by atoms with Gasteiger partial charge in [0.05, 0.1) is 4.90 Å². The second kappa shape index (κ2) is 9.41. The van der Waals surface area contributed by atoms with Gasteiger partial charge in [-0.3, -0.25) is 4.90 Å². The highest BCUT2D eigenvalue weighted by Gasteiger charge is 2.23. The number of nitrogens with zero attached hydrogens (tertiary/aromatic N) is 1. The number of benzene rings is 2. The lowest BCUT2D eigenvalue weighted by molar-refractivity contribution is 0.171. The van der Waals surface area contributed by atoms with E-state index in [0.717, 1.165) is 19.5 Å². The van der Waals surface area contributed by atoms with E-state index >= 15 is 0 Å². The van der Waals surface area contributed by atoms with Crippen molar-refractivity contribution in [3.8, 4) is 11.5 Å². The number of likely N-dealkylation sites (N-methyl/N-ethyl adjacent to an activating group) is 1. The topological polar surface area (TPSA) is 67.9 Å². The van der Waals surface area contributed by atoms with Gasteiger partial charge in [0, 0.05) is 18.7 Å². The van der Waals surface area contributed by atoms with E-state index in [4.69, 9.17) is 9.47 Å². The van der Waals surface area contributed by atoms with Crippen LogP contribution in [-0.2, 0) is 16.4 Å². The van der Waals surface area contributed by atoms with Gasteiger partial charge >= 0.3 is 0 Å². The zero-order valence-electron chi connectivity index (χ0n) is 16.4. The van der Waals surface area contributed by atoms with Crippen LogP contribution in [0.5, 0.6) is 11.5 Å². The Morgan fingerprint density at radius 1 is 1.00 bits per heavy atom. The highest BCUT2D eigenvalue weighted by molar-refractivity contribution is 7.89. The Hall–Kier alpha value is -2.09. The zero-order valence-corrected chi connectivity index (χ0v) is 17.2. The molecule has 28 heavy (non-hydrogen) atoms. The number of fused-ring (bicyclic) bond motifs is 1. The number of ether oxygens (including phenoxy) is 2. The highest BCUT2D eigenvalue weighted by Crippen LogP contribution is 2.32. The van der Waals surface area contributed by atoms with Gasteiger partial charge < -0.3 is 9.47 Å². The average molecular weight is 405 g/mol. The molecule has 0 saturated carbocycles. The smallest absolute Gasteiger partial charge is 0.240 e. The van der Waals surface area contributed by atoms with Gasteiger partial charge in [-0.05, 0) is 37.2 Å². The minimum Gasteiger partial charge on any atom is -0.486 e. The molecule has 152 valence electrons. The van der Waals surface area contributed by atoms with Crippen molar-refractivity contribution in [2.24, 2.45) is 0 Å². The molecule has 1 unspecified atom stereocenters. The van der Waals surface area contributed by atoms with Crippen molar-refractivity contribution >= 4 is 10.0 Å². The minimum absolute atomic E-state index is 0.0735. The Labute approximate surface area is 167 Å². The zero-order chi connectivity index (χ0) is 20.0. The van der Waals surface area contributed by atoms with Crippen LogP contribution in [0, 0.1) is 0 Å². The number of sulfonamides is 1. The van der Waals surface area contributed by atoms with Crippen molar-refractivity contribution in [1.29, 1.82) is 0 Å². The molecule has 1 heterocycles. The lowest BCUT2D eigenvalue weighted by Crippen LogP contribution is -2.45. The molecule has 7 heteroatoms. The van der Waals surface area contributed by atoms with Crippen molar-refractivity contribution in [2.75, 3.05) is 32.8 Å². The molecule has 0 amide bonds. The summed E-state index contributed by atoms with van der Waals surface area (Å²) in [6, 6.07) is 15.0. The Bertz CT molecular complexity index is 867. The first-order valence-electron chi connectivity index (χ1n) is 9.70. The molecule has 1 aliphatic heterocycles. The fourth-order valence-corrected chi connectivity index (χ4v) is 4.52. The Kier molecular flexibility index (Phi) is 6.93. The van der Waals surface area contributed by atoms with Crippen LogP contribution in [0.15, 0.2) is 53.4 Å².